The molecular weight excluding hydrogens is 320 g/mol. The minimum Gasteiger partial charge on any atom is -0.354 e. The number of thiazole rings is 1. The van der Waals surface area contributed by atoms with Crippen molar-refractivity contribution in [1.82, 2.24) is 20.5 Å². The second kappa shape index (κ2) is 6.64. The van der Waals surface area contributed by atoms with Gasteiger partial charge in [-0.1, -0.05) is 0 Å². The summed E-state index contributed by atoms with van der Waals surface area (Å²) in [5.41, 5.74) is 2.61. The van der Waals surface area contributed by atoms with E-state index in [1.54, 1.807) is 11.3 Å². The highest BCUT2D eigenvalue weighted by Crippen LogP contribution is 2.27. The van der Waals surface area contributed by atoms with Gasteiger partial charge in [-0.15, -0.1) is 16.4 Å². The molecule has 6 nitrogen and oxygen atoms in total. The van der Waals surface area contributed by atoms with Crippen molar-refractivity contribution in [2.45, 2.75) is 25.8 Å². The van der Waals surface area contributed by atoms with E-state index in [4.69, 9.17) is 0 Å². The minimum atomic E-state index is 0.696. The largest absolute Gasteiger partial charge is 0.354 e. The molecule has 1 aliphatic carbocycles. The van der Waals surface area contributed by atoms with E-state index in [0.717, 1.165) is 43.5 Å². The first-order valence-electron chi connectivity index (χ1n) is 8.62. The zero-order chi connectivity index (χ0) is 16.5. The van der Waals surface area contributed by atoms with Crippen LogP contribution in [-0.4, -0.2) is 48.9 Å². The van der Waals surface area contributed by atoms with Crippen LogP contribution in [-0.2, 0) is 19.4 Å². The van der Waals surface area contributed by atoms with Gasteiger partial charge in [0.2, 0.25) is 0 Å². The van der Waals surface area contributed by atoms with E-state index < -0.39 is 0 Å². The smallest absolute Gasteiger partial charge is 0.185 e. The second-order valence-corrected chi connectivity index (χ2v) is 8.03. The molecule has 7 heteroatoms. The third kappa shape index (κ3) is 3.23. The van der Waals surface area contributed by atoms with Crippen molar-refractivity contribution in [1.29, 1.82) is 0 Å². The molecule has 2 aromatic heterocycles. The van der Waals surface area contributed by atoms with Crippen molar-refractivity contribution < 1.29 is 0 Å². The fourth-order valence-corrected chi connectivity index (χ4v) is 4.14. The SMILES string of the molecule is CN(C)c1ncc(CNCC2CN(c3cc4c(nn3)CCC4)C2)s1. The molecule has 1 saturated heterocycles. The van der Waals surface area contributed by atoms with Crippen molar-refractivity contribution in [2.75, 3.05) is 43.5 Å². The second-order valence-electron chi connectivity index (χ2n) is 6.93. The number of nitrogens with zero attached hydrogens (tertiary/aromatic N) is 5. The van der Waals surface area contributed by atoms with Crippen LogP contribution in [0.4, 0.5) is 10.9 Å². The average molecular weight is 344 g/mol. The number of hydrogen-bond acceptors (Lipinski definition) is 7. The van der Waals surface area contributed by atoms with E-state index in [1.165, 1.54) is 29.0 Å². The van der Waals surface area contributed by atoms with Crippen molar-refractivity contribution >= 4 is 22.3 Å². The molecule has 0 amide bonds. The van der Waals surface area contributed by atoms with Crippen LogP contribution in [0.15, 0.2) is 12.3 Å². The maximum Gasteiger partial charge on any atom is 0.185 e. The molecular formula is C17H24N6S. The number of aryl methyl sites for hydroxylation is 2. The van der Waals surface area contributed by atoms with E-state index in [0.29, 0.717) is 5.92 Å². The molecule has 24 heavy (non-hydrogen) atoms. The Balaban J connectivity index is 1.22. The Morgan fingerprint density at radius 1 is 1.29 bits per heavy atom. The summed E-state index contributed by atoms with van der Waals surface area (Å²) >= 11 is 1.75. The lowest BCUT2D eigenvalue weighted by atomic mass is 10.00. The van der Waals surface area contributed by atoms with Crippen LogP contribution in [0, 0.1) is 5.92 Å². The molecule has 3 heterocycles. The highest BCUT2D eigenvalue weighted by molar-refractivity contribution is 7.15. The van der Waals surface area contributed by atoms with Crippen LogP contribution in [0.1, 0.15) is 22.6 Å². The maximum absolute atomic E-state index is 4.41. The first kappa shape index (κ1) is 15.8. The topological polar surface area (TPSA) is 57.2 Å². The zero-order valence-corrected chi connectivity index (χ0v) is 15.1. The summed E-state index contributed by atoms with van der Waals surface area (Å²) in [7, 11) is 4.06. The maximum atomic E-state index is 4.41. The minimum absolute atomic E-state index is 0.696. The number of nitrogens with one attached hydrogen (secondary N) is 1. The summed E-state index contributed by atoms with van der Waals surface area (Å²) in [6.45, 7) is 4.10. The number of hydrogen-bond donors (Lipinski definition) is 1. The van der Waals surface area contributed by atoms with Crippen LogP contribution < -0.4 is 15.1 Å². The third-order valence-electron chi connectivity index (χ3n) is 4.74. The van der Waals surface area contributed by atoms with Crippen molar-refractivity contribution in [3.8, 4) is 0 Å². The highest BCUT2D eigenvalue weighted by atomic mass is 32.1. The van der Waals surface area contributed by atoms with Crippen molar-refractivity contribution in [2.24, 2.45) is 5.92 Å². The number of anilines is 2. The Morgan fingerprint density at radius 3 is 2.96 bits per heavy atom. The Morgan fingerprint density at radius 2 is 2.17 bits per heavy atom. The summed E-state index contributed by atoms with van der Waals surface area (Å²) in [6.07, 6.45) is 5.47. The molecule has 2 aromatic rings. The Bertz CT molecular complexity index is 707. The van der Waals surface area contributed by atoms with Gasteiger partial charge in [0.25, 0.3) is 0 Å². The predicted octanol–water partition coefficient (Wildman–Crippen LogP) is 1.71. The van der Waals surface area contributed by atoms with E-state index in [-0.39, 0.29) is 0 Å². The normalized spacial score (nSPS) is 17.0. The fraction of sp³-hybridized carbons (Fsp3) is 0.588. The first-order chi connectivity index (χ1) is 11.7. The molecule has 0 saturated carbocycles. The molecule has 0 bridgehead atoms. The Kier molecular flexibility index (Phi) is 4.37. The molecule has 0 atom stereocenters. The number of aromatic nitrogens is 3. The summed E-state index contributed by atoms with van der Waals surface area (Å²) < 4.78 is 0. The number of rotatable bonds is 6. The van der Waals surface area contributed by atoms with E-state index in [2.05, 4.69) is 36.4 Å². The van der Waals surface area contributed by atoms with Crippen LogP contribution in [0.25, 0.3) is 0 Å². The van der Waals surface area contributed by atoms with Gasteiger partial charge >= 0.3 is 0 Å². The van der Waals surface area contributed by atoms with Gasteiger partial charge in [-0.2, -0.15) is 5.10 Å². The van der Waals surface area contributed by atoms with Gasteiger partial charge in [-0.05, 0) is 30.9 Å². The zero-order valence-electron chi connectivity index (χ0n) is 14.3. The molecule has 1 N–H and O–H groups in total. The molecule has 0 radical (unpaired) electrons. The van der Waals surface area contributed by atoms with E-state index >= 15 is 0 Å². The van der Waals surface area contributed by atoms with E-state index in [1.807, 2.05) is 20.3 Å². The first-order valence-corrected chi connectivity index (χ1v) is 9.44. The lowest BCUT2D eigenvalue weighted by Gasteiger charge is -2.40. The molecule has 128 valence electrons. The lowest BCUT2D eigenvalue weighted by molar-refractivity contribution is 0.382. The molecule has 0 spiro atoms. The lowest BCUT2D eigenvalue weighted by Crippen LogP contribution is -2.51. The molecule has 0 unspecified atom stereocenters. The van der Waals surface area contributed by atoms with Crippen LogP contribution in [0.3, 0.4) is 0 Å². The number of fused-ring (bicyclic) bond motifs is 1. The van der Waals surface area contributed by atoms with Gasteiger partial charge in [0.15, 0.2) is 10.9 Å². The average Bonchev–Trinajstić information content (AvgIpc) is 3.17. The van der Waals surface area contributed by atoms with Crippen LogP contribution in [0.2, 0.25) is 0 Å². The molecule has 0 aromatic carbocycles. The van der Waals surface area contributed by atoms with E-state index in [9.17, 15) is 0 Å². The molecule has 4 rings (SSSR count). The third-order valence-corrected chi connectivity index (χ3v) is 5.91. The highest BCUT2D eigenvalue weighted by Gasteiger charge is 2.28. The summed E-state index contributed by atoms with van der Waals surface area (Å²) in [4.78, 5) is 10.1. The monoisotopic (exact) mass is 344 g/mol. The summed E-state index contributed by atoms with van der Waals surface area (Å²) in [5, 5.41) is 13.4. The van der Waals surface area contributed by atoms with Crippen molar-refractivity contribution in [3.63, 3.8) is 0 Å². The van der Waals surface area contributed by atoms with Gasteiger partial charge in [-0.3, -0.25) is 0 Å². The molecule has 1 fully saturated rings. The van der Waals surface area contributed by atoms with Crippen molar-refractivity contribution in [3.05, 3.63) is 28.4 Å². The summed E-state index contributed by atoms with van der Waals surface area (Å²) in [6, 6.07) is 2.25. The van der Waals surface area contributed by atoms with Crippen LogP contribution in [0.5, 0.6) is 0 Å². The van der Waals surface area contributed by atoms with Gasteiger partial charge < -0.3 is 15.1 Å². The summed E-state index contributed by atoms with van der Waals surface area (Å²) in [5.74, 6) is 1.76. The van der Waals surface area contributed by atoms with Crippen LogP contribution >= 0.6 is 11.3 Å². The quantitative estimate of drug-likeness (QED) is 0.861. The standard InChI is InChI=1S/C17H24N6S/c1-22(2)17-19-9-14(24-17)8-18-7-12-10-23(11-12)16-6-13-4-3-5-15(13)20-21-16/h6,9,12,18H,3-5,7-8,10-11H2,1-2H3. The predicted molar refractivity (Wildman–Crippen MR) is 97.9 cm³/mol. The fourth-order valence-electron chi connectivity index (χ4n) is 3.34. The Labute approximate surface area is 146 Å². The Hall–Kier alpha value is -1.73. The van der Waals surface area contributed by atoms with Gasteiger partial charge in [-0.25, -0.2) is 4.98 Å². The van der Waals surface area contributed by atoms with Gasteiger partial charge in [0, 0.05) is 57.3 Å². The molecule has 2 aliphatic rings. The van der Waals surface area contributed by atoms with Gasteiger partial charge in [0.05, 0.1) is 5.69 Å². The van der Waals surface area contributed by atoms with Gasteiger partial charge in [0.1, 0.15) is 0 Å². The molecule has 1 aliphatic heterocycles.